The summed E-state index contributed by atoms with van der Waals surface area (Å²) in [6.45, 7) is 6.77. The third kappa shape index (κ3) is 3.56. The Balaban J connectivity index is 1.69. The van der Waals surface area contributed by atoms with E-state index in [-0.39, 0.29) is 23.9 Å². The van der Waals surface area contributed by atoms with E-state index >= 15 is 0 Å². The molecule has 0 aromatic carbocycles. The van der Waals surface area contributed by atoms with E-state index in [1.165, 1.54) is 5.57 Å². The maximum absolute atomic E-state index is 12.4. The molecule has 0 aromatic heterocycles. The van der Waals surface area contributed by atoms with Gasteiger partial charge in [-0.05, 0) is 44.4 Å². The summed E-state index contributed by atoms with van der Waals surface area (Å²) in [5.74, 6) is 1.77. The van der Waals surface area contributed by atoms with E-state index in [1.54, 1.807) is 0 Å². The number of allylic oxidation sites excluding steroid dienone is 1. The van der Waals surface area contributed by atoms with Crippen molar-refractivity contribution in [1.82, 2.24) is 0 Å². The fourth-order valence-electron chi connectivity index (χ4n) is 4.68. The van der Waals surface area contributed by atoms with Gasteiger partial charge in [-0.25, -0.2) is 0 Å². The number of ketones is 1. The third-order valence-corrected chi connectivity index (χ3v) is 6.44. The molecule has 1 heterocycles. The SMILES string of the molecule is CC(CO)CCCC(C)C1=CCC2(C)OC3=C(CC12)C(=O)C(O)CC3. The van der Waals surface area contributed by atoms with Crippen molar-refractivity contribution in [2.45, 2.75) is 77.4 Å². The lowest BCUT2D eigenvalue weighted by Gasteiger charge is -2.43. The summed E-state index contributed by atoms with van der Waals surface area (Å²) in [6.07, 6.45) is 7.51. The van der Waals surface area contributed by atoms with Crippen LogP contribution in [0.1, 0.15) is 65.7 Å². The van der Waals surface area contributed by atoms with E-state index in [0.717, 1.165) is 37.0 Å². The van der Waals surface area contributed by atoms with Crippen LogP contribution in [-0.2, 0) is 9.53 Å². The van der Waals surface area contributed by atoms with Gasteiger partial charge in [0.25, 0.3) is 0 Å². The second-order valence-corrected chi connectivity index (χ2v) is 8.52. The molecule has 5 atom stereocenters. The largest absolute Gasteiger partial charge is 0.491 e. The highest BCUT2D eigenvalue weighted by atomic mass is 16.5. The van der Waals surface area contributed by atoms with Crippen LogP contribution < -0.4 is 0 Å². The molecule has 0 saturated carbocycles. The molecule has 4 nitrogen and oxygen atoms in total. The molecule has 140 valence electrons. The zero-order chi connectivity index (χ0) is 18.2. The molecule has 5 unspecified atom stereocenters. The number of hydrogen-bond donors (Lipinski definition) is 2. The number of ether oxygens (including phenoxy) is 1. The minimum absolute atomic E-state index is 0.126. The van der Waals surface area contributed by atoms with Crippen molar-refractivity contribution in [2.75, 3.05) is 6.61 Å². The highest BCUT2D eigenvalue weighted by Crippen LogP contribution is 2.51. The van der Waals surface area contributed by atoms with Gasteiger partial charge in [-0.2, -0.15) is 0 Å². The Hall–Kier alpha value is -1.13. The fourth-order valence-corrected chi connectivity index (χ4v) is 4.68. The first kappa shape index (κ1) is 18.7. The molecule has 0 spiro atoms. The van der Waals surface area contributed by atoms with Gasteiger partial charge < -0.3 is 14.9 Å². The summed E-state index contributed by atoms with van der Waals surface area (Å²) >= 11 is 0. The standard InChI is InChI=1S/C21H32O4/c1-13(12-22)5-4-6-14(2)15-9-10-21(3)17(15)11-16-19(25-21)8-7-18(23)20(16)24/h9,13-14,17-18,22-23H,4-8,10-12H2,1-3H3. The highest BCUT2D eigenvalue weighted by Gasteiger charge is 2.49. The number of carbonyl (C=O) groups is 1. The maximum atomic E-state index is 12.4. The first-order valence-electron chi connectivity index (χ1n) is 9.80. The molecule has 2 aliphatic carbocycles. The van der Waals surface area contributed by atoms with Gasteiger partial charge in [-0.1, -0.05) is 31.9 Å². The Morgan fingerprint density at radius 3 is 2.84 bits per heavy atom. The van der Waals surface area contributed by atoms with Gasteiger partial charge in [0.1, 0.15) is 17.5 Å². The number of carbonyl (C=O) groups excluding carboxylic acids is 1. The summed E-state index contributed by atoms with van der Waals surface area (Å²) < 4.78 is 6.32. The number of aliphatic hydroxyl groups is 2. The van der Waals surface area contributed by atoms with Gasteiger partial charge in [-0.3, -0.25) is 4.79 Å². The van der Waals surface area contributed by atoms with Crippen molar-refractivity contribution >= 4 is 5.78 Å². The van der Waals surface area contributed by atoms with E-state index in [0.29, 0.717) is 31.1 Å². The molecular formula is C21H32O4. The van der Waals surface area contributed by atoms with Gasteiger partial charge in [0, 0.05) is 30.9 Å². The summed E-state index contributed by atoms with van der Waals surface area (Å²) in [5.41, 5.74) is 1.91. The van der Waals surface area contributed by atoms with Crippen molar-refractivity contribution in [3.05, 3.63) is 23.0 Å². The van der Waals surface area contributed by atoms with Crippen molar-refractivity contribution < 1.29 is 19.7 Å². The lowest BCUT2D eigenvalue weighted by molar-refractivity contribution is -0.127. The Kier molecular flexibility index (Phi) is 5.40. The number of fused-ring (bicyclic) bond motifs is 1. The number of rotatable bonds is 6. The van der Waals surface area contributed by atoms with E-state index < -0.39 is 6.10 Å². The van der Waals surface area contributed by atoms with Crippen LogP contribution in [0.2, 0.25) is 0 Å². The van der Waals surface area contributed by atoms with E-state index in [2.05, 4.69) is 26.8 Å². The van der Waals surface area contributed by atoms with Gasteiger partial charge in [0.05, 0.1) is 0 Å². The predicted octanol–water partition coefficient (Wildman–Crippen LogP) is 3.52. The van der Waals surface area contributed by atoms with Crippen LogP contribution in [-0.4, -0.2) is 34.3 Å². The van der Waals surface area contributed by atoms with E-state index in [9.17, 15) is 15.0 Å². The maximum Gasteiger partial charge on any atom is 0.190 e. The van der Waals surface area contributed by atoms with Crippen LogP contribution in [0.5, 0.6) is 0 Å². The van der Waals surface area contributed by atoms with Gasteiger partial charge in [0.2, 0.25) is 0 Å². The molecule has 0 bridgehead atoms. The predicted molar refractivity (Wildman–Crippen MR) is 96.8 cm³/mol. The van der Waals surface area contributed by atoms with Crippen LogP contribution >= 0.6 is 0 Å². The minimum atomic E-state index is -0.849. The molecule has 0 saturated heterocycles. The fraction of sp³-hybridized carbons (Fsp3) is 0.762. The minimum Gasteiger partial charge on any atom is -0.491 e. The van der Waals surface area contributed by atoms with Crippen LogP contribution in [0.3, 0.4) is 0 Å². The van der Waals surface area contributed by atoms with Crippen molar-refractivity contribution in [1.29, 1.82) is 0 Å². The van der Waals surface area contributed by atoms with Crippen LogP contribution in [0, 0.1) is 17.8 Å². The molecule has 3 rings (SSSR count). The summed E-state index contributed by atoms with van der Waals surface area (Å²) in [4.78, 5) is 12.4. The molecule has 25 heavy (non-hydrogen) atoms. The second kappa shape index (κ2) is 7.24. The zero-order valence-corrected chi connectivity index (χ0v) is 15.8. The molecule has 4 heteroatoms. The molecule has 0 aromatic rings. The molecule has 0 radical (unpaired) electrons. The number of Topliss-reactive ketones (excluding diaryl/α,β-unsaturated/α-hetero) is 1. The summed E-state index contributed by atoms with van der Waals surface area (Å²) in [6, 6.07) is 0. The Morgan fingerprint density at radius 2 is 2.12 bits per heavy atom. The summed E-state index contributed by atoms with van der Waals surface area (Å²) in [7, 11) is 0. The van der Waals surface area contributed by atoms with Crippen LogP contribution in [0.15, 0.2) is 23.0 Å². The number of aliphatic hydroxyl groups excluding tert-OH is 2. The smallest absolute Gasteiger partial charge is 0.190 e. The molecule has 0 amide bonds. The second-order valence-electron chi connectivity index (χ2n) is 8.52. The zero-order valence-electron chi connectivity index (χ0n) is 15.8. The normalized spacial score (nSPS) is 34.1. The monoisotopic (exact) mass is 348 g/mol. The molecule has 2 N–H and O–H groups in total. The first-order valence-corrected chi connectivity index (χ1v) is 9.80. The van der Waals surface area contributed by atoms with Crippen LogP contribution in [0.25, 0.3) is 0 Å². The molecule has 0 fully saturated rings. The topological polar surface area (TPSA) is 66.8 Å². The highest BCUT2D eigenvalue weighted by molar-refractivity contribution is 6.00. The Labute approximate surface area is 151 Å². The average molecular weight is 348 g/mol. The van der Waals surface area contributed by atoms with Gasteiger partial charge in [0.15, 0.2) is 5.78 Å². The lowest BCUT2D eigenvalue weighted by atomic mass is 9.73. The lowest BCUT2D eigenvalue weighted by Crippen LogP contribution is -2.43. The number of hydrogen-bond acceptors (Lipinski definition) is 4. The average Bonchev–Trinajstić information content (AvgIpc) is 2.93. The van der Waals surface area contributed by atoms with Crippen molar-refractivity contribution in [2.24, 2.45) is 17.8 Å². The van der Waals surface area contributed by atoms with Crippen LogP contribution in [0.4, 0.5) is 0 Å². The van der Waals surface area contributed by atoms with Gasteiger partial charge >= 0.3 is 0 Å². The van der Waals surface area contributed by atoms with Crippen molar-refractivity contribution in [3.8, 4) is 0 Å². The van der Waals surface area contributed by atoms with E-state index in [1.807, 2.05) is 0 Å². The molecular weight excluding hydrogens is 316 g/mol. The Morgan fingerprint density at radius 1 is 1.36 bits per heavy atom. The van der Waals surface area contributed by atoms with E-state index in [4.69, 9.17) is 4.74 Å². The molecule has 1 aliphatic heterocycles. The first-order chi connectivity index (χ1) is 11.9. The quantitative estimate of drug-likeness (QED) is 0.721. The van der Waals surface area contributed by atoms with Crippen molar-refractivity contribution in [3.63, 3.8) is 0 Å². The third-order valence-electron chi connectivity index (χ3n) is 6.44. The Bertz CT molecular complexity index is 591. The summed E-state index contributed by atoms with van der Waals surface area (Å²) in [5, 5.41) is 19.1. The van der Waals surface area contributed by atoms with Gasteiger partial charge in [-0.15, -0.1) is 0 Å². The molecule has 3 aliphatic rings.